The van der Waals surface area contributed by atoms with Crippen molar-refractivity contribution in [3.63, 3.8) is 0 Å². The van der Waals surface area contributed by atoms with Crippen molar-refractivity contribution in [2.45, 2.75) is 30.2 Å². The van der Waals surface area contributed by atoms with Crippen molar-refractivity contribution in [1.82, 2.24) is 0 Å². The van der Waals surface area contributed by atoms with Gasteiger partial charge in [-0.05, 0) is 48.9 Å². The van der Waals surface area contributed by atoms with E-state index in [4.69, 9.17) is 0 Å². The van der Waals surface area contributed by atoms with Crippen LogP contribution >= 0.6 is 11.8 Å². The Labute approximate surface area is 93.8 Å². The number of aryl methyl sites for hydroxylation is 2. The first-order chi connectivity index (χ1) is 7.12. The second-order valence-corrected chi connectivity index (χ2v) is 4.63. The van der Waals surface area contributed by atoms with Crippen molar-refractivity contribution >= 4 is 11.8 Å². The molecule has 0 aliphatic carbocycles. The van der Waals surface area contributed by atoms with Gasteiger partial charge in [-0.25, -0.2) is 0 Å². The maximum atomic E-state index is 12.7. The lowest BCUT2D eigenvalue weighted by Crippen LogP contribution is -2.32. The number of halogens is 5. The Morgan fingerprint density at radius 2 is 1.31 bits per heavy atom. The molecule has 0 spiro atoms. The van der Waals surface area contributed by atoms with Crippen LogP contribution in [-0.4, -0.2) is 11.4 Å². The summed E-state index contributed by atoms with van der Waals surface area (Å²) in [5.41, 5.74) is 1.31. The molecule has 0 heterocycles. The average molecular weight is 256 g/mol. The SMILES string of the molecule is Cc1cc(C)cc(SC(F)(F)C(F)(F)F)c1. The molecule has 0 unspecified atom stereocenters. The van der Waals surface area contributed by atoms with Crippen LogP contribution in [0.15, 0.2) is 23.1 Å². The van der Waals surface area contributed by atoms with E-state index in [9.17, 15) is 22.0 Å². The molecule has 0 aliphatic heterocycles. The quantitative estimate of drug-likeness (QED) is 0.552. The predicted molar refractivity (Wildman–Crippen MR) is 52.8 cm³/mol. The van der Waals surface area contributed by atoms with Crippen molar-refractivity contribution in [3.05, 3.63) is 29.3 Å². The van der Waals surface area contributed by atoms with Gasteiger partial charge in [0.1, 0.15) is 0 Å². The third-order valence-electron chi connectivity index (χ3n) is 1.77. The molecule has 0 radical (unpaired) electrons. The highest BCUT2D eigenvalue weighted by molar-refractivity contribution is 8.00. The zero-order valence-electron chi connectivity index (χ0n) is 8.53. The molecule has 1 aromatic carbocycles. The van der Waals surface area contributed by atoms with E-state index in [1.165, 1.54) is 12.1 Å². The van der Waals surface area contributed by atoms with E-state index in [1.807, 2.05) is 0 Å². The fraction of sp³-hybridized carbons (Fsp3) is 0.400. The minimum atomic E-state index is -5.53. The topological polar surface area (TPSA) is 0 Å². The van der Waals surface area contributed by atoms with Crippen LogP contribution in [0.1, 0.15) is 11.1 Å². The predicted octanol–water partition coefficient (Wildman–Crippen LogP) is 4.55. The second-order valence-electron chi connectivity index (χ2n) is 3.44. The van der Waals surface area contributed by atoms with E-state index in [-0.39, 0.29) is 4.90 Å². The van der Waals surface area contributed by atoms with Crippen LogP contribution in [0.2, 0.25) is 0 Å². The summed E-state index contributed by atoms with van der Waals surface area (Å²) in [6.07, 6.45) is -5.53. The van der Waals surface area contributed by atoms with Gasteiger partial charge in [-0.1, -0.05) is 6.07 Å². The Morgan fingerprint density at radius 3 is 1.69 bits per heavy atom. The van der Waals surface area contributed by atoms with Crippen LogP contribution in [0.5, 0.6) is 0 Å². The van der Waals surface area contributed by atoms with Gasteiger partial charge in [-0.15, -0.1) is 0 Å². The lowest BCUT2D eigenvalue weighted by Gasteiger charge is -2.19. The molecule has 0 fully saturated rings. The molecule has 0 saturated carbocycles. The van der Waals surface area contributed by atoms with Gasteiger partial charge in [0.2, 0.25) is 0 Å². The number of alkyl halides is 5. The van der Waals surface area contributed by atoms with Gasteiger partial charge >= 0.3 is 11.4 Å². The minimum absolute atomic E-state index is 0.0835. The first kappa shape index (κ1) is 13.3. The van der Waals surface area contributed by atoms with Crippen molar-refractivity contribution in [2.24, 2.45) is 0 Å². The van der Waals surface area contributed by atoms with Crippen LogP contribution < -0.4 is 0 Å². The van der Waals surface area contributed by atoms with Gasteiger partial charge < -0.3 is 0 Å². The minimum Gasteiger partial charge on any atom is -0.183 e. The number of hydrogen-bond acceptors (Lipinski definition) is 1. The maximum Gasteiger partial charge on any atom is 0.464 e. The summed E-state index contributed by atoms with van der Waals surface area (Å²) >= 11 is -0.477. The molecule has 0 amide bonds. The molecule has 0 aromatic heterocycles. The lowest BCUT2D eigenvalue weighted by molar-refractivity contribution is -0.237. The Morgan fingerprint density at radius 1 is 0.875 bits per heavy atom. The highest BCUT2D eigenvalue weighted by atomic mass is 32.2. The van der Waals surface area contributed by atoms with E-state index >= 15 is 0 Å². The standard InChI is InChI=1S/C10H9F5S/c1-6-3-7(2)5-8(4-6)16-10(14,15)9(11,12)13/h3-5H,1-2H3. The fourth-order valence-corrected chi connectivity index (χ4v) is 2.10. The van der Waals surface area contributed by atoms with E-state index in [0.717, 1.165) is 0 Å². The molecule has 0 aliphatic rings. The Bertz CT molecular complexity index is 363. The summed E-state index contributed by atoms with van der Waals surface area (Å²) in [4.78, 5) is -0.0835. The van der Waals surface area contributed by atoms with Gasteiger partial charge in [-0.2, -0.15) is 22.0 Å². The van der Waals surface area contributed by atoms with Gasteiger partial charge in [0, 0.05) is 4.90 Å². The number of benzene rings is 1. The first-order valence-corrected chi connectivity index (χ1v) is 5.15. The molecule has 6 heteroatoms. The molecule has 1 rings (SSSR count). The summed E-state index contributed by atoms with van der Waals surface area (Å²) in [6.45, 7) is 3.28. The van der Waals surface area contributed by atoms with E-state index in [0.29, 0.717) is 11.1 Å². The van der Waals surface area contributed by atoms with Gasteiger partial charge in [0.15, 0.2) is 0 Å². The molecule has 0 bridgehead atoms. The molecular weight excluding hydrogens is 247 g/mol. The van der Waals surface area contributed by atoms with Crippen molar-refractivity contribution in [2.75, 3.05) is 0 Å². The third-order valence-corrected chi connectivity index (χ3v) is 2.73. The summed E-state index contributed by atoms with van der Waals surface area (Å²) in [5.74, 6) is 0. The largest absolute Gasteiger partial charge is 0.464 e. The van der Waals surface area contributed by atoms with Crippen molar-refractivity contribution in [3.8, 4) is 0 Å². The summed E-state index contributed by atoms with van der Waals surface area (Å²) in [6, 6.07) is 4.31. The average Bonchev–Trinajstić information content (AvgIpc) is 1.97. The molecule has 90 valence electrons. The number of rotatable bonds is 2. The zero-order valence-corrected chi connectivity index (χ0v) is 9.35. The van der Waals surface area contributed by atoms with Crippen LogP contribution in [0, 0.1) is 13.8 Å². The van der Waals surface area contributed by atoms with E-state index in [2.05, 4.69) is 0 Å². The normalized spacial score (nSPS) is 12.9. The van der Waals surface area contributed by atoms with Gasteiger partial charge in [-0.3, -0.25) is 0 Å². The zero-order chi connectivity index (χ0) is 12.6. The van der Waals surface area contributed by atoms with Crippen molar-refractivity contribution in [1.29, 1.82) is 0 Å². The smallest absolute Gasteiger partial charge is 0.183 e. The van der Waals surface area contributed by atoms with Gasteiger partial charge in [0.25, 0.3) is 0 Å². The molecule has 0 N–H and O–H groups in total. The molecule has 0 saturated heterocycles. The monoisotopic (exact) mass is 256 g/mol. The highest BCUT2D eigenvalue weighted by Crippen LogP contribution is 2.47. The Balaban J connectivity index is 2.96. The lowest BCUT2D eigenvalue weighted by atomic mass is 10.2. The van der Waals surface area contributed by atoms with Crippen LogP contribution in [0.3, 0.4) is 0 Å². The molecule has 1 aromatic rings. The Hall–Kier alpha value is -0.780. The summed E-state index contributed by atoms with van der Waals surface area (Å²) in [7, 11) is 0. The summed E-state index contributed by atoms with van der Waals surface area (Å²) in [5, 5.41) is -4.76. The molecule has 16 heavy (non-hydrogen) atoms. The second kappa shape index (κ2) is 4.24. The molecular formula is C10H9F5S. The van der Waals surface area contributed by atoms with E-state index in [1.54, 1.807) is 19.9 Å². The Kier molecular flexibility index (Phi) is 3.52. The summed E-state index contributed by atoms with van der Waals surface area (Å²) < 4.78 is 61.3. The van der Waals surface area contributed by atoms with Crippen LogP contribution in [0.25, 0.3) is 0 Å². The van der Waals surface area contributed by atoms with Crippen LogP contribution in [0.4, 0.5) is 22.0 Å². The molecule has 0 atom stereocenters. The maximum absolute atomic E-state index is 12.7. The van der Waals surface area contributed by atoms with Crippen LogP contribution in [-0.2, 0) is 0 Å². The molecule has 0 nitrogen and oxygen atoms in total. The highest BCUT2D eigenvalue weighted by Gasteiger charge is 2.58. The van der Waals surface area contributed by atoms with Gasteiger partial charge in [0.05, 0.1) is 0 Å². The number of thioether (sulfide) groups is 1. The fourth-order valence-electron chi connectivity index (χ4n) is 1.20. The first-order valence-electron chi connectivity index (χ1n) is 4.34. The third kappa shape index (κ3) is 3.10. The van der Waals surface area contributed by atoms with Crippen molar-refractivity contribution < 1.29 is 22.0 Å². The number of hydrogen-bond donors (Lipinski definition) is 0. The van der Waals surface area contributed by atoms with E-state index < -0.39 is 23.2 Å².